The zero-order chi connectivity index (χ0) is 15.1. The van der Waals surface area contributed by atoms with Gasteiger partial charge in [-0.25, -0.2) is 4.98 Å². The van der Waals surface area contributed by atoms with E-state index in [0.717, 1.165) is 15.9 Å². The first-order chi connectivity index (χ1) is 10.7. The molecule has 1 aliphatic heterocycles. The number of aliphatic hydroxyl groups excluding tert-OH is 1. The van der Waals surface area contributed by atoms with Gasteiger partial charge in [0.25, 0.3) is 0 Å². The Morgan fingerprint density at radius 1 is 1.05 bits per heavy atom. The van der Waals surface area contributed by atoms with Gasteiger partial charge < -0.3 is 10.0 Å². The van der Waals surface area contributed by atoms with E-state index in [9.17, 15) is 5.11 Å². The van der Waals surface area contributed by atoms with E-state index < -0.39 is 0 Å². The molecule has 3 aromatic rings. The molecule has 5 heteroatoms. The molecule has 0 aliphatic carbocycles. The van der Waals surface area contributed by atoms with Crippen LogP contribution in [0, 0.1) is 5.41 Å². The third-order valence-electron chi connectivity index (χ3n) is 3.68. The molecule has 2 heterocycles. The van der Waals surface area contributed by atoms with Crippen molar-refractivity contribution in [2.24, 2.45) is 0 Å². The molecule has 1 aromatic heterocycles. The molecule has 0 spiro atoms. The quantitative estimate of drug-likeness (QED) is 0.750. The molecule has 0 atom stereocenters. The molecule has 0 fully saturated rings. The smallest absolute Gasteiger partial charge is 0.139 e. The average Bonchev–Trinajstić information content (AvgIpc) is 3.08. The van der Waals surface area contributed by atoms with Crippen molar-refractivity contribution >= 4 is 38.6 Å². The van der Waals surface area contributed by atoms with Gasteiger partial charge in [-0.1, -0.05) is 30.3 Å². The van der Waals surface area contributed by atoms with Crippen molar-refractivity contribution in [1.29, 1.82) is 5.41 Å². The Balaban J connectivity index is 1.75. The van der Waals surface area contributed by atoms with Crippen LogP contribution in [0.5, 0.6) is 0 Å². The van der Waals surface area contributed by atoms with Crippen LogP contribution in [0.4, 0.5) is 5.69 Å². The van der Waals surface area contributed by atoms with Crippen molar-refractivity contribution in [3.05, 3.63) is 65.4 Å². The number of aliphatic hydroxyl groups is 1. The number of hydrogen-bond acceptors (Lipinski definition) is 4. The third-order valence-corrected chi connectivity index (χ3v) is 4.73. The lowest BCUT2D eigenvalue weighted by molar-refractivity contribution is 0.411. The van der Waals surface area contributed by atoms with Gasteiger partial charge in [0.2, 0.25) is 0 Å². The average molecular weight is 307 g/mol. The first kappa shape index (κ1) is 13.0. The number of amidine groups is 1. The highest BCUT2D eigenvalue weighted by Gasteiger charge is 2.31. The molecule has 2 aromatic carbocycles. The van der Waals surface area contributed by atoms with Gasteiger partial charge in [0.1, 0.15) is 16.6 Å². The van der Waals surface area contributed by atoms with E-state index in [1.807, 2.05) is 54.6 Å². The number of hydrogen-bond donors (Lipinski definition) is 2. The Hall–Kier alpha value is -2.66. The van der Waals surface area contributed by atoms with Crippen LogP contribution in [-0.2, 0) is 0 Å². The van der Waals surface area contributed by atoms with E-state index >= 15 is 0 Å². The molecule has 4 rings (SSSR count). The Kier molecular flexibility index (Phi) is 2.94. The highest BCUT2D eigenvalue weighted by atomic mass is 32.1. The fourth-order valence-electron chi connectivity index (χ4n) is 2.61. The fourth-order valence-corrected chi connectivity index (χ4v) is 3.65. The number of aromatic nitrogens is 1. The summed E-state index contributed by atoms with van der Waals surface area (Å²) in [7, 11) is 0. The Bertz CT molecular complexity index is 865. The number of nitrogens with zero attached hydrogens (tertiary/aromatic N) is 2. The van der Waals surface area contributed by atoms with E-state index in [2.05, 4.69) is 4.98 Å². The lowest BCUT2D eigenvalue weighted by atomic mass is 10.2. The molecule has 22 heavy (non-hydrogen) atoms. The zero-order valence-corrected chi connectivity index (χ0v) is 12.5. The second-order valence-corrected chi connectivity index (χ2v) is 6.11. The summed E-state index contributed by atoms with van der Waals surface area (Å²) < 4.78 is 1.06. The largest absolute Gasteiger partial charge is 0.510 e. The Morgan fingerprint density at radius 2 is 1.77 bits per heavy atom. The minimum atomic E-state index is 0.202. The first-order valence-corrected chi connectivity index (χ1v) is 7.75. The summed E-state index contributed by atoms with van der Waals surface area (Å²) in [5, 5.41) is 19.4. The summed E-state index contributed by atoms with van der Waals surface area (Å²) in [6, 6.07) is 17.5. The van der Waals surface area contributed by atoms with E-state index in [0.29, 0.717) is 23.0 Å². The molecule has 0 saturated heterocycles. The SMILES string of the molecule is N=C1C(c2nc3ccccc3s2)=C(O)CN1c1ccccc1. The number of rotatable bonds is 2. The van der Waals surface area contributed by atoms with Crippen LogP contribution in [0.25, 0.3) is 15.8 Å². The maximum absolute atomic E-state index is 10.3. The zero-order valence-electron chi connectivity index (χ0n) is 11.7. The van der Waals surface area contributed by atoms with Crippen molar-refractivity contribution in [3.8, 4) is 0 Å². The van der Waals surface area contributed by atoms with Crippen molar-refractivity contribution < 1.29 is 5.11 Å². The highest BCUT2D eigenvalue weighted by Crippen LogP contribution is 2.34. The Labute approximate surface area is 131 Å². The summed E-state index contributed by atoms with van der Waals surface area (Å²) in [5.74, 6) is 0.496. The summed E-state index contributed by atoms with van der Waals surface area (Å²) in [5.41, 5.74) is 2.33. The van der Waals surface area contributed by atoms with Crippen LogP contribution in [0.15, 0.2) is 60.4 Å². The lowest BCUT2D eigenvalue weighted by Crippen LogP contribution is -2.25. The van der Waals surface area contributed by atoms with Crippen LogP contribution in [-0.4, -0.2) is 22.5 Å². The molecule has 0 unspecified atom stereocenters. The van der Waals surface area contributed by atoms with Crippen LogP contribution in [0.3, 0.4) is 0 Å². The van der Waals surface area contributed by atoms with Gasteiger partial charge >= 0.3 is 0 Å². The molecule has 4 nitrogen and oxygen atoms in total. The van der Waals surface area contributed by atoms with Gasteiger partial charge in [0.15, 0.2) is 0 Å². The third kappa shape index (κ3) is 1.98. The number of para-hydroxylation sites is 2. The van der Waals surface area contributed by atoms with Gasteiger partial charge in [-0.2, -0.15) is 0 Å². The minimum Gasteiger partial charge on any atom is -0.510 e. The van der Waals surface area contributed by atoms with E-state index in [1.165, 1.54) is 11.3 Å². The summed E-state index contributed by atoms with van der Waals surface area (Å²) in [6.45, 7) is 0.314. The van der Waals surface area contributed by atoms with E-state index in [1.54, 1.807) is 4.90 Å². The van der Waals surface area contributed by atoms with Crippen LogP contribution >= 0.6 is 11.3 Å². The fraction of sp³-hybridized carbons (Fsp3) is 0.0588. The highest BCUT2D eigenvalue weighted by molar-refractivity contribution is 7.19. The number of fused-ring (bicyclic) bond motifs is 1. The van der Waals surface area contributed by atoms with Gasteiger partial charge in [0.05, 0.1) is 22.3 Å². The van der Waals surface area contributed by atoms with E-state index in [4.69, 9.17) is 5.41 Å². The van der Waals surface area contributed by atoms with Gasteiger partial charge in [-0.05, 0) is 24.3 Å². The summed E-state index contributed by atoms with van der Waals surface area (Å²) in [4.78, 5) is 6.35. The number of thiazole rings is 1. The monoisotopic (exact) mass is 307 g/mol. The van der Waals surface area contributed by atoms with Crippen molar-refractivity contribution in [1.82, 2.24) is 4.98 Å². The summed E-state index contributed by atoms with van der Waals surface area (Å²) >= 11 is 1.50. The standard InChI is InChI=1S/C17H13N3OS/c18-16-15(17-19-12-8-4-5-9-14(12)22-17)13(21)10-20(16)11-6-2-1-3-7-11/h1-9,18,21H,10H2. The van der Waals surface area contributed by atoms with Gasteiger partial charge in [-0.3, -0.25) is 5.41 Å². The maximum atomic E-state index is 10.3. The number of benzene rings is 2. The summed E-state index contributed by atoms with van der Waals surface area (Å²) in [6.07, 6.45) is 0. The molecule has 0 bridgehead atoms. The first-order valence-electron chi connectivity index (χ1n) is 6.93. The topological polar surface area (TPSA) is 60.2 Å². The maximum Gasteiger partial charge on any atom is 0.139 e. The number of nitrogens with one attached hydrogen (secondary N) is 1. The van der Waals surface area contributed by atoms with Gasteiger partial charge in [0, 0.05) is 5.69 Å². The molecule has 2 N–H and O–H groups in total. The van der Waals surface area contributed by atoms with Gasteiger partial charge in [-0.15, -0.1) is 11.3 Å². The predicted octanol–water partition coefficient (Wildman–Crippen LogP) is 4.06. The minimum absolute atomic E-state index is 0.202. The number of anilines is 1. The molecular formula is C17H13N3OS. The second kappa shape index (κ2) is 4.96. The molecule has 0 saturated carbocycles. The van der Waals surface area contributed by atoms with Crippen LogP contribution in [0.2, 0.25) is 0 Å². The molecule has 108 valence electrons. The molecule has 1 aliphatic rings. The van der Waals surface area contributed by atoms with Crippen LogP contribution < -0.4 is 4.90 Å². The predicted molar refractivity (Wildman–Crippen MR) is 90.7 cm³/mol. The molecular weight excluding hydrogens is 294 g/mol. The molecule has 0 amide bonds. The second-order valence-electron chi connectivity index (χ2n) is 5.08. The van der Waals surface area contributed by atoms with E-state index in [-0.39, 0.29) is 5.76 Å². The van der Waals surface area contributed by atoms with Crippen molar-refractivity contribution in [2.75, 3.05) is 11.4 Å². The lowest BCUT2D eigenvalue weighted by Gasteiger charge is -2.18. The Morgan fingerprint density at radius 3 is 2.55 bits per heavy atom. The molecule has 0 radical (unpaired) electrons. The van der Waals surface area contributed by atoms with Crippen molar-refractivity contribution in [3.63, 3.8) is 0 Å². The van der Waals surface area contributed by atoms with Crippen molar-refractivity contribution in [2.45, 2.75) is 0 Å². The van der Waals surface area contributed by atoms with Crippen LogP contribution in [0.1, 0.15) is 5.01 Å². The normalized spacial score (nSPS) is 15.1.